The second-order valence-electron chi connectivity index (χ2n) is 9.80. The molecule has 2 heterocycles. The fourth-order valence-electron chi connectivity index (χ4n) is 5.36. The number of aromatic nitrogens is 2. The van der Waals surface area contributed by atoms with Gasteiger partial charge in [-0.1, -0.05) is 23.4 Å². The van der Waals surface area contributed by atoms with Crippen molar-refractivity contribution in [2.75, 3.05) is 0 Å². The third kappa shape index (κ3) is 4.09. The smallest absolute Gasteiger partial charge is 0.306 e. The Balaban J connectivity index is 1.18. The van der Waals surface area contributed by atoms with Crippen LogP contribution in [0.4, 0.5) is 0 Å². The molecule has 1 saturated carbocycles. The molecule has 6 nitrogen and oxygen atoms in total. The molecule has 0 bridgehead atoms. The molecule has 0 radical (unpaired) electrons. The highest BCUT2D eigenvalue weighted by atomic mass is 32.1. The zero-order valence-electron chi connectivity index (χ0n) is 19.7. The van der Waals surface area contributed by atoms with Crippen LogP contribution in [0.5, 0.6) is 0 Å². The summed E-state index contributed by atoms with van der Waals surface area (Å²) in [6.45, 7) is 4.25. The van der Waals surface area contributed by atoms with Crippen LogP contribution in [0.15, 0.2) is 51.7 Å². The van der Waals surface area contributed by atoms with Gasteiger partial charge in [0.05, 0.1) is 5.92 Å². The molecule has 1 fully saturated rings. The van der Waals surface area contributed by atoms with Gasteiger partial charge in [0.1, 0.15) is 0 Å². The highest BCUT2D eigenvalue weighted by Gasteiger charge is 2.36. The van der Waals surface area contributed by atoms with Crippen LogP contribution in [-0.4, -0.2) is 27.3 Å². The normalized spacial score (nSPS) is 21.0. The Morgan fingerprint density at radius 3 is 2.63 bits per heavy atom. The largest absolute Gasteiger partial charge is 0.481 e. The van der Waals surface area contributed by atoms with Crippen LogP contribution < -0.4 is 5.32 Å². The van der Waals surface area contributed by atoms with Crippen molar-refractivity contribution in [2.24, 2.45) is 5.92 Å². The van der Waals surface area contributed by atoms with E-state index in [-0.39, 0.29) is 12.0 Å². The molecular weight excluding hydrogens is 458 g/mol. The molecule has 1 atom stereocenters. The van der Waals surface area contributed by atoms with Crippen molar-refractivity contribution in [1.82, 2.24) is 15.5 Å². The van der Waals surface area contributed by atoms with Gasteiger partial charge in [0.15, 0.2) is 0 Å². The van der Waals surface area contributed by atoms with E-state index >= 15 is 0 Å². The van der Waals surface area contributed by atoms with E-state index in [2.05, 4.69) is 65.4 Å². The minimum Gasteiger partial charge on any atom is -0.481 e. The summed E-state index contributed by atoms with van der Waals surface area (Å²) in [6.07, 6.45) is 3.46. The second-order valence-corrected chi connectivity index (χ2v) is 10.5. The molecule has 0 spiro atoms. The summed E-state index contributed by atoms with van der Waals surface area (Å²) in [5.41, 5.74) is 9.44. The number of aliphatic carboxylic acids is 1. The average Bonchev–Trinajstić information content (AvgIpc) is 3.55. The number of hydrogen-bond acceptors (Lipinski definition) is 6. The lowest BCUT2D eigenvalue weighted by Gasteiger charge is -2.35. The number of carboxylic acid groups (broad SMARTS) is 1. The maximum Gasteiger partial charge on any atom is 0.306 e. The average molecular weight is 486 g/mol. The summed E-state index contributed by atoms with van der Waals surface area (Å²) in [4.78, 5) is 15.8. The van der Waals surface area contributed by atoms with Crippen molar-refractivity contribution in [1.29, 1.82) is 0 Å². The van der Waals surface area contributed by atoms with Gasteiger partial charge in [-0.3, -0.25) is 4.79 Å². The Hall–Kier alpha value is -3.29. The van der Waals surface area contributed by atoms with Crippen LogP contribution in [0.1, 0.15) is 47.6 Å². The van der Waals surface area contributed by atoms with Crippen LogP contribution in [0.2, 0.25) is 0 Å². The summed E-state index contributed by atoms with van der Waals surface area (Å²) < 4.78 is 5.64. The van der Waals surface area contributed by atoms with Gasteiger partial charge in [-0.05, 0) is 102 Å². The number of thiophene rings is 1. The number of fused-ring (bicyclic) bond motifs is 1. The van der Waals surface area contributed by atoms with Gasteiger partial charge in [-0.25, -0.2) is 0 Å². The van der Waals surface area contributed by atoms with E-state index in [1.165, 1.54) is 33.4 Å². The molecule has 0 saturated heterocycles. The standard InChI is InChI=1S/C28H27N3O3S/c1-15-9-19(4-6-22(15)24-14-35-13-16(24)2)27-30-26(31-34-27)18-3-7-23-17(10-18)5-8-25(23)29-21-11-20(12-21)28(32)33/h3-4,6-7,9-10,13-14,20-21,25,29H,5,8,11-12H2,1-2H3,(H,32,33). The van der Waals surface area contributed by atoms with E-state index in [9.17, 15) is 4.79 Å². The predicted octanol–water partition coefficient (Wildman–Crippen LogP) is 6.19. The van der Waals surface area contributed by atoms with Crippen LogP contribution in [0.3, 0.4) is 0 Å². The first-order valence-electron chi connectivity index (χ1n) is 12.1. The predicted molar refractivity (Wildman–Crippen MR) is 136 cm³/mol. The Morgan fingerprint density at radius 2 is 1.89 bits per heavy atom. The lowest BCUT2D eigenvalue weighted by molar-refractivity contribution is -0.145. The quantitative estimate of drug-likeness (QED) is 0.339. The van der Waals surface area contributed by atoms with E-state index in [4.69, 9.17) is 14.6 Å². The summed E-state index contributed by atoms with van der Waals surface area (Å²) in [5, 5.41) is 21.4. The number of benzene rings is 2. The minimum absolute atomic E-state index is 0.192. The highest BCUT2D eigenvalue weighted by molar-refractivity contribution is 7.08. The Morgan fingerprint density at radius 1 is 1.06 bits per heavy atom. The molecule has 4 aromatic rings. The van der Waals surface area contributed by atoms with Gasteiger partial charge in [0.25, 0.3) is 5.89 Å². The van der Waals surface area contributed by atoms with E-state index in [0.29, 0.717) is 17.8 Å². The number of carboxylic acids is 1. The first-order valence-corrected chi connectivity index (χ1v) is 13.0. The number of carbonyl (C=O) groups is 1. The topological polar surface area (TPSA) is 88.2 Å². The van der Waals surface area contributed by atoms with Crippen molar-refractivity contribution < 1.29 is 14.4 Å². The molecule has 2 aliphatic rings. The van der Waals surface area contributed by atoms with Gasteiger partial charge in [0, 0.05) is 23.2 Å². The molecule has 2 aromatic heterocycles. The van der Waals surface area contributed by atoms with Crippen molar-refractivity contribution in [3.8, 4) is 34.0 Å². The van der Waals surface area contributed by atoms with Crippen molar-refractivity contribution in [3.63, 3.8) is 0 Å². The maximum atomic E-state index is 11.1. The molecule has 7 heteroatoms. The molecule has 35 heavy (non-hydrogen) atoms. The molecule has 178 valence electrons. The van der Waals surface area contributed by atoms with Crippen LogP contribution in [0.25, 0.3) is 34.0 Å². The number of nitrogens with zero attached hydrogens (tertiary/aromatic N) is 2. The first-order chi connectivity index (χ1) is 17.0. The maximum absolute atomic E-state index is 11.1. The fraction of sp³-hybridized carbons (Fsp3) is 0.321. The molecule has 2 aliphatic carbocycles. The van der Waals surface area contributed by atoms with Crippen molar-refractivity contribution in [3.05, 3.63) is 69.4 Å². The second kappa shape index (κ2) is 8.73. The van der Waals surface area contributed by atoms with Crippen molar-refractivity contribution in [2.45, 2.75) is 51.6 Å². The number of nitrogens with one attached hydrogen (secondary N) is 1. The lowest BCUT2D eigenvalue weighted by atomic mass is 9.80. The van der Waals surface area contributed by atoms with Gasteiger partial charge in [-0.2, -0.15) is 16.3 Å². The van der Waals surface area contributed by atoms with Gasteiger partial charge < -0.3 is 14.9 Å². The Bertz CT molecular complexity index is 1420. The monoisotopic (exact) mass is 485 g/mol. The number of rotatable bonds is 6. The van der Waals surface area contributed by atoms with E-state index < -0.39 is 5.97 Å². The zero-order valence-corrected chi connectivity index (χ0v) is 20.6. The third-order valence-electron chi connectivity index (χ3n) is 7.45. The summed E-state index contributed by atoms with van der Waals surface area (Å²) in [7, 11) is 0. The number of aryl methyl sites for hydroxylation is 3. The highest BCUT2D eigenvalue weighted by Crippen LogP contribution is 2.38. The summed E-state index contributed by atoms with van der Waals surface area (Å²) in [6, 6.07) is 13.2. The van der Waals surface area contributed by atoms with Gasteiger partial charge in [0.2, 0.25) is 5.82 Å². The fourth-order valence-corrected chi connectivity index (χ4v) is 6.21. The van der Waals surface area contributed by atoms with Gasteiger partial charge >= 0.3 is 5.97 Å². The van der Waals surface area contributed by atoms with Crippen LogP contribution in [-0.2, 0) is 11.2 Å². The Kier molecular flexibility index (Phi) is 5.54. The van der Waals surface area contributed by atoms with E-state index in [1.807, 2.05) is 6.07 Å². The third-order valence-corrected chi connectivity index (χ3v) is 8.31. The van der Waals surface area contributed by atoms with E-state index in [0.717, 1.165) is 36.8 Å². The van der Waals surface area contributed by atoms with Crippen LogP contribution >= 0.6 is 11.3 Å². The van der Waals surface area contributed by atoms with E-state index in [1.54, 1.807) is 11.3 Å². The SMILES string of the molecule is Cc1cc(-c2nc(-c3ccc4c(c3)CCC4NC3CC(C(=O)O)C3)no2)ccc1-c1cscc1C. The summed E-state index contributed by atoms with van der Waals surface area (Å²) in [5.74, 6) is 0.248. The zero-order chi connectivity index (χ0) is 24.1. The van der Waals surface area contributed by atoms with Crippen LogP contribution in [0, 0.1) is 19.8 Å². The van der Waals surface area contributed by atoms with Gasteiger partial charge in [-0.15, -0.1) is 0 Å². The first kappa shape index (κ1) is 22.2. The minimum atomic E-state index is -0.678. The number of hydrogen-bond donors (Lipinski definition) is 2. The molecule has 2 aromatic carbocycles. The van der Waals surface area contributed by atoms with Crippen molar-refractivity contribution >= 4 is 17.3 Å². The summed E-state index contributed by atoms with van der Waals surface area (Å²) >= 11 is 1.72. The Labute approximate surface area is 208 Å². The molecule has 6 rings (SSSR count). The lowest BCUT2D eigenvalue weighted by Crippen LogP contribution is -2.45. The molecule has 0 amide bonds. The molecular formula is C28H27N3O3S. The molecule has 0 aliphatic heterocycles. The molecule has 2 N–H and O–H groups in total. The molecule has 1 unspecified atom stereocenters.